The second-order valence-corrected chi connectivity index (χ2v) is 20.0. The maximum atomic E-state index is 13.2. The van der Waals surface area contributed by atoms with E-state index in [2.05, 4.69) is 79.9 Å². The number of allylic oxidation sites excluding steroid dienone is 10. The monoisotopic (exact) mass is 1020 g/mol. The number of nitrogens with one attached hydrogen (secondary N) is 1. The minimum absolute atomic E-state index is 0.224. The van der Waals surface area contributed by atoms with E-state index in [4.69, 9.17) is 18.9 Å². The zero-order chi connectivity index (χ0) is 52.4. The highest BCUT2D eigenvalue weighted by Gasteiger charge is 2.51. The summed E-state index contributed by atoms with van der Waals surface area (Å²) in [5.74, 6) is -0.264. The van der Waals surface area contributed by atoms with Crippen molar-refractivity contribution in [2.45, 2.75) is 280 Å². The van der Waals surface area contributed by atoms with Crippen molar-refractivity contribution in [2.24, 2.45) is 0 Å². The summed E-state index contributed by atoms with van der Waals surface area (Å²) in [4.78, 5) is 13.2. The Morgan fingerprint density at radius 2 is 0.944 bits per heavy atom. The van der Waals surface area contributed by atoms with Crippen molar-refractivity contribution in [3.63, 3.8) is 0 Å². The molecule has 0 radical (unpaired) electrons. The van der Waals surface area contributed by atoms with Crippen LogP contribution in [0.2, 0.25) is 0 Å². The molecule has 0 bridgehead atoms. The van der Waals surface area contributed by atoms with Gasteiger partial charge in [0.1, 0.15) is 48.8 Å². The Labute approximate surface area is 435 Å². The van der Waals surface area contributed by atoms with Crippen molar-refractivity contribution < 1.29 is 64.6 Å². The van der Waals surface area contributed by atoms with Crippen LogP contribution in [0.5, 0.6) is 0 Å². The van der Waals surface area contributed by atoms with Gasteiger partial charge in [-0.2, -0.15) is 0 Å². The summed E-state index contributed by atoms with van der Waals surface area (Å²) in [6.45, 7) is 2.71. The molecule has 14 nitrogen and oxygen atoms in total. The van der Waals surface area contributed by atoms with E-state index in [0.717, 1.165) is 57.8 Å². The standard InChI is InChI=1S/C58H103NO13/c1-3-5-7-9-11-13-15-17-19-21-22-23-24-26-27-29-31-33-35-37-39-41-47(62)46(59-50(63)42-40-38-36-34-32-30-28-25-20-18-16-14-12-10-8-6-4-2)45-69-57-55(68)53(66)56(49(44-61)71-57)72-58-54(67)52(65)51(64)48(43-60)70-58/h6,8,12,14,18,20,28,30,34,36,46-49,51-58,60-62,64-68H,3-5,7,9-11,13,15-17,19,21-27,29,31-33,35,37-45H2,1-2H3,(H,59,63)/b8-6-,14-12-,20-18-,30-28-,36-34-. The Hall–Kier alpha value is -2.31. The number of hydrogen-bond donors (Lipinski definition) is 9. The predicted molar refractivity (Wildman–Crippen MR) is 286 cm³/mol. The molecule has 0 aromatic heterocycles. The Morgan fingerprint density at radius 3 is 1.42 bits per heavy atom. The van der Waals surface area contributed by atoms with Crippen LogP contribution < -0.4 is 5.32 Å². The summed E-state index contributed by atoms with van der Waals surface area (Å²) in [6, 6.07) is -0.861. The van der Waals surface area contributed by atoms with Gasteiger partial charge >= 0.3 is 0 Å². The van der Waals surface area contributed by atoms with E-state index in [1.165, 1.54) is 109 Å². The topological polar surface area (TPSA) is 228 Å². The molecule has 0 spiro atoms. The molecule has 2 heterocycles. The van der Waals surface area contributed by atoms with Crippen LogP contribution in [0, 0.1) is 0 Å². The highest BCUT2D eigenvalue weighted by atomic mass is 16.7. The van der Waals surface area contributed by atoms with Gasteiger partial charge in [0.15, 0.2) is 12.6 Å². The van der Waals surface area contributed by atoms with Gasteiger partial charge in [0, 0.05) is 6.42 Å². The number of hydrogen-bond acceptors (Lipinski definition) is 13. The largest absolute Gasteiger partial charge is 0.394 e. The molecule has 0 aliphatic carbocycles. The van der Waals surface area contributed by atoms with Crippen LogP contribution in [0.25, 0.3) is 0 Å². The number of carbonyl (C=O) groups is 1. The van der Waals surface area contributed by atoms with Gasteiger partial charge in [-0.25, -0.2) is 0 Å². The van der Waals surface area contributed by atoms with Crippen LogP contribution in [0.3, 0.4) is 0 Å². The van der Waals surface area contributed by atoms with E-state index in [1.807, 2.05) is 0 Å². The molecule has 2 aliphatic heterocycles. The maximum Gasteiger partial charge on any atom is 0.220 e. The molecule has 72 heavy (non-hydrogen) atoms. The Morgan fingerprint density at radius 1 is 0.514 bits per heavy atom. The number of amides is 1. The number of ether oxygens (including phenoxy) is 4. The summed E-state index contributed by atoms with van der Waals surface area (Å²) >= 11 is 0. The summed E-state index contributed by atoms with van der Waals surface area (Å²) in [5, 5.41) is 87.1. The van der Waals surface area contributed by atoms with Crippen molar-refractivity contribution in [1.29, 1.82) is 0 Å². The van der Waals surface area contributed by atoms with Crippen LogP contribution in [-0.4, -0.2) is 140 Å². The fourth-order valence-corrected chi connectivity index (χ4v) is 9.16. The lowest BCUT2D eigenvalue weighted by molar-refractivity contribution is -0.359. The molecule has 418 valence electrons. The van der Waals surface area contributed by atoms with Crippen molar-refractivity contribution in [1.82, 2.24) is 5.32 Å². The fourth-order valence-electron chi connectivity index (χ4n) is 9.16. The highest BCUT2D eigenvalue weighted by molar-refractivity contribution is 5.76. The fraction of sp³-hybridized carbons (Fsp3) is 0.810. The van der Waals surface area contributed by atoms with Crippen LogP contribution >= 0.6 is 0 Å². The van der Waals surface area contributed by atoms with E-state index in [1.54, 1.807) is 0 Å². The minimum atomic E-state index is -1.79. The molecule has 0 aromatic rings. The van der Waals surface area contributed by atoms with Gasteiger partial charge in [-0.15, -0.1) is 0 Å². The molecule has 9 N–H and O–H groups in total. The second-order valence-electron chi connectivity index (χ2n) is 20.0. The summed E-state index contributed by atoms with van der Waals surface area (Å²) in [6.07, 6.45) is 38.0. The van der Waals surface area contributed by atoms with Gasteiger partial charge in [-0.1, -0.05) is 209 Å². The SMILES string of the molecule is CC/C=C\C/C=C\C/C=C\C/C=C\C/C=C\CCCC(=O)NC(COC1OC(CO)C(OC2OC(CO)C(O)C(O)C2O)C(O)C1O)C(O)CCCCCCCCCCCCCCCCCCCCCCC. The Balaban J connectivity index is 1.80. The third kappa shape index (κ3) is 29.7. The third-order valence-electron chi connectivity index (χ3n) is 13.7. The number of carbonyl (C=O) groups excluding carboxylic acids is 1. The van der Waals surface area contributed by atoms with Crippen LogP contribution in [-0.2, 0) is 23.7 Å². The molecule has 1 amide bonds. The van der Waals surface area contributed by atoms with Crippen molar-refractivity contribution in [3.8, 4) is 0 Å². The zero-order valence-corrected chi connectivity index (χ0v) is 44.7. The maximum absolute atomic E-state index is 13.2. The number of aliphatic hydroxyl groups is 8. The quantitative estimate of drug-likeness (QED) is 0.0205. The molecule has 2 rings (SSSR count). The first-order valence-corrected chi connectivity index (χ1v) is 28.5. The van der Waals surface area contributed by atoms with Gasteiger partial charge in [-0.05, 0) is 51.4 Å². The molecular formula is C58H103NO13. The van der Waals surface area contributed by atoms with Crippen molar-refractivity contribution >= 4 is 5.91 Å². The van der Waals surface area contributed by atoms with Gasteiger partial charge in [0.05, 0.1) is 32.0 Å². The second kappa shape index (κ2) is 43.9. The number of aliphatic hydroxyl groups excluding tert-OH is 8. The predicted octanol–water partition coefficient (Wildman–Crippen LogP) is 9.00. The molecule has 12 unspecified atom stereocenters. The molecule has 0 saturated carbocycles. The average Bonchev–Trinajstić information content (AvgIpc) is 3.38. The molecule has 2 fully saturated rings. The van der Waals surface area contributed by atoms with Crippen LogP contribution in [0.1, 0.15) is 206 Å². The van der Waals surface area contributed by atoms with Crippen LogP contribution in [0.15, 0.2) is 60.8 Å². The Kier molecular flexibility index (Phi) is 40.1. The van der Waals surface area contributed by atoms with Gasteiger partial charge in [0.2, 0.25) is 5.91 Å². The number of rotatable bonds is 44. The first-order chi connectivity index (χ1) is 35.1. The lowest BCUT2D eigenvalue weighted by Crippen LogP contribution is -2.65. The van der Waals surface area contributed by atoms with E-state index < -0.39 is 86.8 Å². The van der Waals surface area contributed by atoms with Gasteiger partial charge in [0.25, 0.3) is 0 Å². The third-order valence-corrected chi connectivity index (χ3v) is 13.7. The molecule has 14 heteroatoms. The average molecular weight is 1020 g/mol. The lowest BCUT2D eigenvalue weighted by Gasteiger charge is -2.46. The minimum Gasteiger partial charge on any atom is -0.394 e. The summed E-state index contributed by atoms with van der Waals surface area (Å²) < 4.78 is 22.8. The molecule has 2 aliphatic rings. The van der Waals surface area contributed by atoms with E-state index in [9.17, 15) is 45.6 Å². The first kappa shape index (κ1) is 65.8. The van der Waals surface area contributed by atoms with Crippen molar-refractivity contribution in [3.05, 3.63) is 60.8 Å². The molecule has 2 saturated heterocycles. The molecular weight excluding hydrogens is 919 g/mol. The highest BCUT2D eigenvalue weighted by Crippen LogP contribution is 2.30. The van der Waals surface area contributed by atoms with E-state index in [-0.39, 0.29) is 18.9 Å². The summed E-state index contributed by atoms with van der Waals surface area (Å²) in [5.41, 5.74) is 0. The smallest absolute Gasteiger partial charge is 0.220 e. The molecule has 12 atom stereocenters. The van der Waals surface area contributed by atoms with Crippen molar-refractivity contribution in [2.75, 3.05) is 19.8 Å². The van der Waals surface area contributed by atoms with E-state index in [0.29, 0.717) is 19.3 Å². The first-order valence-electron chi connectivity index (χ1n) is 28.5. The van der Waals surface area contributed by atoms with Gasteiger partial charge < -0.3 is 65.1 Å². The Bertz CT molecular complexity index is 1440. The van der Waals surface area contributed by atoms with Crippen LogP contribution in [0.4, 0.5) is 0 Å². The zero-order valence-electron chi connectivity index (χ0n) is 44.7. The lowest BCUT2D eigenvalue weighted by atomic mass is 9.97. The van der Waals surface area contributed by atoms with E-state index >= 15 is 0 Å². The number of unbranched alkanes of at least 4 members (excludes halogenated alkanes) is 21. The van der Waals surface area contributed by atoms with Gasteiger partial charge in [-0.3, -0.25) is 4.79 Å². The summed E-state index contributed by atoms with van der Waals surface area (Å²) in [7, 11) is 0. The normalized spacial score (nSPS) is 26.0. The molecule has 0 aromatic carbocycles.